The predicted molar refractivity (Wildman–Crippen MR) is 98.4 cm³/mol. The summed E-state index contributed by atoms with van der Waals surface area (Å²) in [5.74, 6) is 0.432. The largest absolute Gasteiger partial charge is 0.349 e. The molecule has 5 nitrogen and oxygen atoms in total. The first-order valence-corrected chi connectivity index (χ1v) is 8.80. The quantitative estimate of drug-likeness (QED) is 0.632. The van der Waals surface area contributed by atoms with E-state index in [1.807, 2.05) is 20.0 Å². The molecular weight excluding hydrogens is 326 g/mol. The molecule has 0 aliphatic heterocycles. The predicted octanol–water partition coefficient (Wildman–Crippen LogP) is 1.73. The van der Waals surface area contributed by atoms with Crippen LogP contribution in [0.2, 0.25) is 5.02 Å². The van der Waals surface area contributed by atoms with Crippen molar-refractivity contribution in [2.45, 2.75) is 39.7 Å². The third-order valence-electron chi connectivity index (χ3n) is 3.66. The van der Waals surface area contributed by atoms with Gasteiger partial charge in [0.2, 0.25) is 0 Å². The van der Waals surface area contributed by atoms with Gasteiger partial charge in [0, 0.05) is 6.04 Å². The molecule has 0 heterocycles. The Morgan fingerprint density at radius 3 is 2.33 bits per heavy atom. The molecular formula is C18H29ClN3O2+. The summed E-state index contributed by atoms with van der Waals surface area (Å²) in [4.78, 5) is 24.9. The van der Waals surface area contributed by atoms with Crippen LogP contribution in [0.15, 0.2) is 24.3 Å². The van der Waals surface area contributed by atoms with Crippen molar-refractivity contribution in [2.24, 2.45) is 5.92 Å². The van der Waals surface area contributed by atoms with Crippen LogP contribution in [0.4, 0.5) is 5.69 Å². The number of anilines is 1. The van der Waals surface area contributed by atoms with Crippen LogP contribution in [0.3, 0.4) is 0 Å². The number of quaternary nitrogens is 1. The number of amides is 2. The van der Waals surface area contributed by atoms with Gasteiger partial charge in [-0.15, -0.1) is 0 Å². The van der Waals surface area contributed by atoms with E-state index in [1.54, 1.807) is 18.2 Å². The fourth-order valence-corrected chi connectivity index (χ4v) is 2.53. The monoisotopic (exact) mass is 354 g/mol. The van der Waals surface area contributed by atoms with Crippen LogP contribution in [0.25, 0.3) is 0 Å². The molecule has 1 aromatic rings. The maximum atomic E-state index is 12.0. The van der Waals surface area contributed by atoms with Gasteiger partial charge in [0.25, 0.3) is 11.8 Å². The fourth-order valence-electron chi connectivity index (χ4n) is 2.35. The van der Waals surface area contributed by atoms with E-state index in [4.69, 9.17) is 11.6 Å². The highest BCUT2D eigenvalue weighted by molar-refractivity contribution is 6.33. The van der Waals surface area contributed by atoms with Gasteiger partial charge in [-0.25, -0.2) is 0 Å². The van der Waals surface area contributed by atoms with Crippen molar-refractivity contribution in [3.05, 3.63) is 29.3 Å². The van der Waals surface area contributed by atoms with E-state index in [1.165, 1.54) is 0 Å². The average Bonchev–Trinajstić information content (AvgIpc) is 2.47. The lowest BCUT2D eigenvalue weighted by atomic mass is 10.0. The summed E-state index contributed by atoms with van der Waals surface area (Å²) in [5, 5.41) is 6.25. The van der Waals surface area contributed by atoms with Crippen molar-refractivity contribution in [2.75, 3.05) is 25.5 Å². The topological polar surface area (TPSA) is 62.6 Å². The summed E-state index contributed by atoms with van der Waals surface area (Å²) in [6.07, 6.45) is 2.06. The fraction of sp³-hybridized carbons (Fsp3) is 0.556. The number of nitrogens with one attached hydrogen (secondary N) is 3. The molecule has 1 unspecified atom stereocenters. The maximum absolute atomic E-state index is 12.0. The van der Waals surface area contributed by atoms with E-state index in [9.17, 15) is 9.59 Å². The highest BCUT2D eigenvalue weighted by Crippen LogP contribution is 2.19. The second-order valence-electron chi connectivity index (χ2n) is 6.78. The molecule has 0 radical (unpaired) electrons. The zero-order chi connectivity index (χ0) is 18.1. The summed E-state index contributed by atoms with van der Waals surface area (Å²) in [6.45, 7) is 6.83. The van der Waals surface area contributed by atoms with Gasteiger partial charge in [-0.05, 0) is 37.8 Å². The lowest BCUT2D eigenvalue weighted by Gasteiger charge is -2.17. The number of likely N-dealkylation sites (N-methyl/N-ethyl adjacent to an activating group) is 1. The van der Waals surface area contributed by atoms with Crippen LogP contribution >= 0.6 is 11.6 Å². The molecule has 134 valence electrons. The van der Waals surface area contributed by atoms with Crippen LogP contribution in [-0.2, 0) is 9.59 Å². The molecule has 2 amide bonds. The van der Waals surface area contributed by atoms with Gasteiger partial charge in [-0.2, -0.15) is 0 Å². The lowest BCUT2D eigenvalue weighted by molar-refractivity contribution is -0.862. The number of carbonyl (C=O) groups excluding carboxylic acids is 2. The summed E-state index contributed by atoms with van der Waals surface area (Å²) in [6, 6.07) is 7.24. The highest BCUT2D eigenvalue weighted by Gasteiger charge is 2.16. The van der Waals surface area contributed by atoms with Crippen LogP contribution in [-0.4, -0.2) is 38.0 Å². The molecule has 0 spiro atoms. The van der Waals surface area contributed by atoms with Gasteiger partial charge in [0.15, 0.2) is 13.1 Å². The Balaban J connectivity index is 2.34. The van der Waals surface area contributed by atoms with Crippen molar-refractivity contribution in [1.82, 2.24) is 5.32 Å². The molecule has 1 rings (SSSR count). The zero-order valence-corrected chi connectivity index (χ0v) is 15.7. The number of halogens is 1. The minimum Gasteiger partial charge on any atom is -0.349 e. The minimum atomic E-state index is -0.166. The van der Waals surface area contributed by atoms with Crippen molar-refractivity contribution in [1.29, 1.82) is 0 Å². The Bertz CT molecular complexity index is 549. The summed E-state index contributed by atoms with van der Waals surface area (Å²) in [5.41, 5.74) is 0.587. The van der Waals surface area contributed by atoms with E-state index in [0.29, 0.717) is 16.6 Å². The van der Waals surface area contributed by atoms with E-state index >= 15 is 0 Å². The van der Waals surface area contributed by atoms with E-state index in [2.05, 4.69) is 24.5 Å². The summed E-state index contributed by atoms with van der Waals surface area (Å²) in [7, 11) is 1.82. The Kier molecular flexibility index (Phi) is 8.79. The molecule has 0 fully saturated rings. The Labute approximate surface area is 149 Å². The smallest absolute Gasteiger partial charge is 0.279 e. The average molecular weight is 355 g/mol. The van der Waals surface area contributed by atoms with Gasteiger partial charge in [0.1, 0.15) is 0 Å². The highest BCUT2D eigenvalue weighted by atomic mass is 35.5. The number of hydrogen-bond acceptors (Lipinski definition) is 2. The standard InChI is InChI=1S/C18H28ClN3O2/c1-13(2)9-10-14(3)20-17(23)11-22(4)12-18(24)21-16-8-6-5-7-15(16)19/h5-8,13-14H,9-12H2,1-4H3,(H,20,23)(H,21,24)/p+1/t14-/m1/s1. The second-order valence-corrected chi connectivity index (χ2v) is 7.19. The van der Waals surface area contributed by atoms with Crippen LogP contribution < -0.4 is 15.5 Å². The third kappa shape index (κ3) is 8.31. The number of benzene rings is 1. The van der Waals surface area contributed by atoms with Crippen molar-refractivity contribution in [3.8, 4) is 0 Å². The molecule has 3 N–H and O–H groups in total. The zero-order valence-electron chi connectivity index (χ0n) is 15.0. The van der Waals surface area contributed by atoms with Crippen molar-refractivity contribution >= 4 is 29.1 Å². The first kappa shape index (κ1) is 20.5. The van der Waals surface area contributed by atoms with Gasteiger partial charge < -0.3 is 15.5 Å². The Morgan fingerprint density at radius 2 is 1.71 bits per heavy atom. The second kappa shape index (κ2) is 10.3. The van der Waals surface area contributed by atoms with Gasteiger partial charge in [-0.1, -0.05) is 37.6 Å². The lowest BCUT2D eigenvalue weighted by Crippen LogP contribution is -3.11. The maximum Gasteiger partial charge on any atom is 0.279 e. The van der Waals surface area contributed by atoms with E-state index in [0.717, 1.165) is 17.7 Å². The van der Waals surface area contributed by atoms with Gasteiger partial charge in [-0.3, -0.25) is 9.59 Å². The first-order chi connectivity index (χ1) is 11.3. The van der Waals surface area contributed by atoms with Crippen LogP contribution in [0.5, 0.6) is 0 Å². The van der Waals surface area contributed by atoms with Crippen LogP contribution in [0.1, 0.15) is 33.6 Å². The Morgan fingerprint density at radius 1 is 1.08 bits per heavy atom. The number of para-hydroxylation sites is 1. The van der Waals surface area contributed by atoms with Crippen molar-refractivity contribution in [3.63, 3.8) is 0 Å². The van der Waals surface area contributed by atoms with E-state index < -0.39 is 0 Å². The molecule has 0 saturated heterocycles. The van der Waals surface area contributed by atoms with E-state index in [-0.39, 0.29) is 30.9 Å². The number of rotatable bonds is 9. The third-order valence-corrected chi connectivity index (χ3v) is 3.99. The van der Waals surface area contributed by atoms with Crippen LogP contribution in [0, 0.1) is 5.92 Å². The van der Waals surface area contributed by atoms with Gasteiger partial charge in [0.05, 0.1) is 17.8 Å². The summed E-state index contributed by atoms with van der Waals surface area (Å²) < 4.78 is 0. The normalized spacial score (nSPS) is 13.4. The Hall–Kier alpha value is -1.59. The SMILES string of the molecule is CC(C)CC[C@@H](C)NC(=O)C[NH+](C)CC(=O)Nc1ccccc1Cl. The molecule has 0 saturated carbocycles. The minimum absolute atomic E-state index is 0.0331. The molecule has 6 heteroatoms. The molecule has 1 aromatic carbocycles. The number of carbonyl (C=O) groups is 2. The molecule has 24 heavy (non-hydrogen) atoms. The van der Waals surface area contributed by atoms with Gasteiger partial charge >= 0.3 is 0 Å². The molecule has 2 atom stereocenters. The first-order valence-electron chi connectivity index (χ1n) is 8.43. The number of hydrogen-bond donors (Lipinski definition) is 3. The molecule has 0 aliphatic carbocycles. The van der Waals surface area contributed by atoms with Crippen molar-refractivity contribution < 1.29 is 14.5 Å². The summed E-state index contributed by atoms with van der Waals surface area (Å²) >= 11 is 6.01. The molecule has 0 aliphatic rings. The molecule has 0 aromatic heterocycles. The molecule has 0 bridgehead atoms.